The average molecular weight is 221 g/mol. The van der Waals surface area contributed by atoms with E-state index in [0.717, 1.165) is 5.56 Å². The lowest BCUT2D eigenvalue weighted by Gasteiger charge is -2.15. The second-order valence-electron chi connectivity index (χ2n) is 3.70. The van der Waals surface area contributed by atoms with Crippen LogP contribution in [0.2, 0.25) is 0 Å². The molecular formula is C11H15N3O2. The number of rotatable bonds is 3. The van der Waals surface area contributed by atoms with E-state index in [1.807, 2.05) is 6.92 Å². The number of carbonyl (C=O) groups excluding carboxylic acids is 2. The van der Waals surface area contributed by atoms with Gasteiger partial charge in [-0.1, -0.05) is 0 Å². The molecule has 1 aromatic carbocycles. The van der Waals surface area contributed by atoms with Crippen LogP contribution in [0.15, 0.2) is 18.2 Å². The number of primary amides is 1. The fourth-order valence-electron chi connectivity index (χ4n) is 1.33. The molecule has 0 bridgehead atoms. The van der Waals surface area contributed by atoms with Gasteiger partial charge in [0.05, 0.1) is 6.54 Å². The van der Waals surface area contributed by atoms with Crippen LogP contribution >= 0.6 is 0 Å². The Morgan fingerprint density at radius 3 is 2.50 bits per heavy atom. The van der Waals surface area contributed by atoms with Crippen LogP contribution < -0.4 is 11.5 Å². The summed E-state index contributed by atoms with van der Waals surface area (Å²) in [5, 5.41) is 0. The minimum Gasteiger partial charge on any atom is -0.399 e. The van der Waals surface area contributed by atoms with E-state index in [-0.39, 0.29) is 12.5 Å². The van der Waals surface area contributed by atoms with Crippen LogP contribution in [-0.2, 0) is 4.79 Å². The normalized spacial score (nSPS) is 9.88. The molecule has 0 radical (unpaired) electrons. The van der Waals surface area contributed by atoms with Gasteiger partial charge in [-0.3, -0.25) is 9.59 Å². The van der Waals surface area contributed by atoms with E-state index in [4.69, 9.17) is 11.5 Å². The number of amides is 2. The van der Waals surface area contributed by atoms with Gasteiger partial charge in [0.15, 0.2) is 0 Å². The van der Waals surface area contributed by atoms with Crippen molar-refractivity contribution < 1.29 is 9.59 Å². The zero-order valence-corrected chi connectivity index (χ0v) is 9.36. The van der Waals surface area contributed by atoms with Crippen LogP contribution in [0.3, 0.4) is 0 Å². The molecule has 5 heteroatoms. The van der Waals surface area contributed by atoms with Crippen molar-refractivity contribution in [2.24, 2.45) is 5.73 Å². The molecule has 0 heterocycles. The van der Waals surface area contributed by atoms with Gasteiger partial charge in [-0.2, -0.15) is 0 Å². The largest absolute Gasteiger partial charge is 0.399 e. The number of benzene rings is 1. The van der Waals surface area contributed by atoms with Gasteiger partial charge >= 0.3 is 0 Å². The number of hydrogen-bond acceptors (Lipinski definition) is 3. The molecule has 0 spiro atoms. The summed E-state index contributed by atoms with van der Waals surface area (Å²) in [7, 11) is 1.53. The minimum atomic E-state index is -0.539. The van der Waals surface area contributed by atoms with E-state index in [9.17, 15) is 9.59 Å². The monoisotopic (exact) mass is 221 g/mol. The Labute approximate surface area is 94.0 Å². The van der Waals surface area contributed by atoms with E-state index in [1.165, 1.54) is 11.9 Å². The van der Waals surface area contributed by atoms with Gasteiger partial charge in [0, 0.05) is 18.3 Å². The summed E-state index contributed by atoms with van der Waals surface area (Å²) in [6, 6.07) is 4.98. The van der Waals surface area contributed by atoms with Crippen molar-refractivity contribution in [3.05, 3.63) is 29.3 Å². The fourth-order valence-corrected chi connectivity index (χ4v) is 1.33. The van der Waals surface area contributed by atoms with Crippen molar-refractivity contribution in [2.45, 2.75) is 6.92 Å². The Kier molecular flexibility index (Phi) is 3.50. The predicted octanol–water partition coefficient (Wildman–Crippen LogP) is 0.135. The molecule has 86 valence electrons. The minimum absolute atomic E-state index is 0.0950. The maximum Gasteiger partial charge on any atom is 0.254 e. The van der Waals surface area contributed by atoms with E-state index >= 15 is 0 Å². The number of hydrogen-bond donors (Lipinski definition) is 2. The standard InChI is InChI=1S/C11H15N3O2/c1-7-5-8(3-4-9(7)12)11(16)14(2)6-10(13)15/h3-5H,6,12H2,1-2H3,(H2,13,15). The molecule has 0 aromatic heterocycles. The first-order valence-corrected chi connectivity index (χ1v) is 4.81. The number of likely N-dealkylation sites (N-methyl/N-ethyl adjacent to an activating group) is 1. The average Bonchev–Trinajstić information content (AvgIpc) is 2.20. The van der Waals surface area contributed by atoms with E-state index in [1.54, 1.807) is 18.2 Å². The fraction of sp³-hybridized carbons (Fsp3) is 0.273. The van der Waals surface area contributed by atoms with Crippen molar-refractivity contribution in [3.63, 3.8) is 0 Å². The Morgan fingerprint density at radius 2 is 2.00 bits per heavy atom. The molecule has 0 unspecified atom stereocenters. The van der Waals surface area contributed by atoms with Crippen LogP contribution in [0.5, 0.6) is 0 Å². The summed E-state index contributed by atoms with van der Waals surface area (Å²) in [6.07, 6.45) is 0. The maximum absolute atomic E-state index is 11.8. The molecule has 5 nitrogen and oxygen atoms in total. The topological polar surface area (TPSA) is 89.4 Å². The van der Waals surface area contributed by atoms with Crippen LogP contribution in [0.4, 0.5) is 5.69 Å². The predicted molar refractivity (Wildman–Crippen MR) is 61.7 cm³/mol. The molecule has 0 atom stereocenters. The number of nitrogen functional groups attached to an aromatic ring is 1. The van der Waals surface area contributed by atoms with Crippen molar-refractivity contribution in [2.75, 3.05) is 19.3 Å². The molecule has 4 N–H and O–H groups in total. The van der Waals surface area contributed by atoms with Crippen LogP contribution in [0.1, 0.15) is 15.9 Å². The van der Waals surface area contributed by atoms with Gasteiger partial charge < -0.3 is 16.4 Å². The zero-order chi connectivity index (χ0) is 12.3. The maximum atomic E-state index is 11.8. The number of anilines is 1. The molecule has 0 aliphatic rings. The molecule has 2 amide bonds. The zero-order valence-electron chi connectivity index (χ0n) is 9.36. The third-order valence-electron chi connectivity index (χ3n) is 2.26. The Balaban J connectivity index is 2.88. The lowest BCUT2D eigenvalue weighted by Crippen LogP contribution is -2.35. The summed E-state index contributed by atoms with van der Waals surface area (Å²) >= 11 is 0. The molecule has 0 aliphatic heterocycles. The summed E-state index contributed by atoms with van der Waals surface area (Å²) in [5.74, 6) is -0.787. The molecule has 16 heavy (non-hydrogen) atoms. The van der Waals surface area contributed by atoms with Crippen LogP contribution in [0.25, 0.3) is 0 Å². The quantitative estimate of drug-likeness (QED) is 0.711. The Hall–Kier alpha value is -2.04. The molecule has 0 saturated carbocycles. The number of nitrogens with two attached hydrogens (primary N) is 2. The molecule has 0 aliphatic carbocycles. The molecule has 0 saturated heterocycles. The van der Waals surface area contributed by atoms with Gasteiger partial charge in [0.2, 0.25) is 5.91 Å². The first-order chi connectivity index (χ1) is 7.41. The van der Waals surface area contributed by atoms with E-state index < -0.39 is 5.91 Å². The lowest BCUT2D eigenvalue weighted by molar-refractivity contribution is -0.118. The van der Waals surface area contributed by atoms with Crippen molar-refractivity contribution in [1.82, 2.24) is 4.90 Å². The number of carbonyl (C=O) groups is 2. The molecule has 1 rings (SSSR count). The highest BCUT2D eigenvalue weighted by Crippen LogP contribution is 2.13. The van der Waals surface area contributed by atoms with Crippen LogP contribution in [0, 0.1) is 6.92 Å². The smallest absolute Gasteiger partial charge is 0.254 e. The second kappa shape index (κ2) is 4.65. The molecule has 1 aromatic rings. The van der Waals surface area contributed by atoms with Crippen molar-refractivity contribution in [1.29, 1.82) is 0 Å². The third-order valence-corrected chi connectivity index (χ3v) is 2.26. The first kappa shape index (κ1) is 12.0. The number of aryl methyl sites for hydroxylation is 1. The van der Waals surface area contributed by atoms with Crippen molar-refractivity contribution >= 4 is 17.5 Å². The summed E-state index contributed by atoms with van der Waals surface area (Å²) < 4.78 is 0. The Bertz CT molecular complexity index is 429. The second-order valence-corrected chi connectivity index (χ2v) is 3.70. The van der Waals surface area contributed by atoms with Crippen LogP contribution in [-0.4, -0.2) is 30.3 Å². The van der Waals surface area contributed by atoms with Gasteiger partial charge in [-0.05, 0) is 30.7 Å². The highest BCUT2D eigenvalue weighted by molar-refractivity contribution is 5.96. The first-order valence-electron chi connectivity index (χ1n) is 4.81. The van der Waals surface area contributed by atoms with Gasteiger partial charge in [-0.25, -0.2) is 0 Å². The van der Waals surface area contributed by atoms with Gasteiger partial charge in [-0.15, -0.1) is 0 Å². The number of nitrogens with zero attached hydrogens (tertiary/aromatic N) is 1. The Morgan fingerprint density at radius 1 is 1.38 bits per heavy atom. The van der Waals surface area contributed by atoms with E-state index in [2.05, 4.69) is 0 Å². The van der Waals surface area contributed by atoms with Gasteiger partial charge in [0.25, 0.3) is 5.91 Å². The molecular weight excluding hydrogens is 206 g/mol. The highest BCUT2D eigenvalue weighted by atomic mass is 16.2. The summed E-state index contributed by atoms with van der Waals surface area (Å²) in [4.78, 5) is 23.8. The molecule has 0 fully saturated rings. The van der Waals surface area contributed by atoms with E-state index in [0.29, 0.717) is 11.3 Å². The summed E-state index contributed by atoms with van der Waals surface area (Å²) in [6.45, 7) is 1.72. The highest BCUT2D eigenvalue weighted by Gasteiger charge is 2.13. The van der Waals surface area contributed by atoms with Gasteiger partial charge in [0.1, 0.15) is 0 Å². The van der Waals surface area contributed by atoms with Crippen molar-refractivity contribution in [3.8, 4) is 0 Å². The third kappa shape index (κ3) is 2.73. The lowest BCUT2D eigenvalue weighted by atomic mass is 10.1. The summed E-state index contributed by atoms with van der Waals surface area (Å²) in [5.41, 5.74) is 12.6. The SMILES string of the molecule is Cc1cc(C(=O)N(C)CC(N)=O)ccc1N.